The van der Waals surface area contributed by atoms with Crippen molar-refractivity contribution in [1.82, 2.24) is 19.9 Å². The first-order valence-corrected chi connectivity index (χ1v) is 9.66. The number of hydrogen-bond acceptors (Lipinski definition) is 3. The molecule has 1 N–H and O–H groups in total. The van der Waals surface area contributed by atoms with Gasteiger partial charge in [-0.25, -0.2) is 9.97 Å². The summed E-state index contributed by atoms with van der Waals surface area (Å²) < 4.78 is 15.5. The molecule has 2 aromatic carbocycles. The lowest BCUT2D eigenvalue weighted by Gasteiger charge is -2.22. The van der Waals surface area contributed by atoms with Crippen molar-refractivity contribution in [3.8, 4) is 16.8 Å². The van der Waals surface area contributed by atoms with Crippen molar-refractivity contribution in [2.45, 2.75) is 10.5 Å². The Balaban J connectivity index is 1.77. The fraction of sp³-hybridized carbons (Fsp3) is 0.0952. The molecule has 0 spiro atoms. The van der Waals surface area contributed by atoms with E-state index in [-0.39, 0.29) is 0 Å². The normalized spacial score (nSPS) is 13.2. The lowest BCUT2D eigenvalue weighted by Crippen LogP contribution is -2.31. The lowest BCUT2D eigenvalue weighted by atomic mass is 10.1. The monoisotopic (exact) mass is 486 g/mol. The fourth-order valence-corrected chi connectivity index (χ4v) is 3.59. The third-order valence-corrected chi connectivity index (χ3v) is 5.55. The van der Waals surface area contributed by atoms with Crippen LogP contribution in [0.1, 0.15) is 12.5 Å². The van der Waals surface area contributed by atoms with Crippen molar-refractivity contribution in [2.24, 2.45) is 0 Å². The van der Waals surface area contributed by atoms with Crippen molar-refractivity contribution < 1.29 is 9.18 Å². The van der Waals surface area contributed by atoms with E-state index in [0.717, 1.165) is 27.8 Å². The lowest BCUT2D eigenvalue weighted by molar-refractivity contribution is -0.110. The highest BCUT2D eigenvalue weighted by Gasteiger charge is 2.22. The van der Waals surface area contributed by atoms with Crippen LogP contribution >= 0.6 is 22.6 Å². The number of halogens is 2. The highest BCUT2D eigenvalue weighted by molar-refractivity contribution is 14.1. The third-order valence-electron chi connectivity index (χ3n) is 4.61. The number of nitrogens with zero attached hydrogens (tertiary/aromatic N) is 3. The molecule has 0 aliphatic carbocycles. The largest absolute Gasteiger partial charge is 0.341 e. The molecular weight excluding hydrogens is 470 g/mol. The second-order valence-corrected chi connectivity index (χ2v) is 8.63. The predicted molar refractivity (Wildman–Crippen MR) is 115 cm³/mol. The molecule has 1 atom stereocenters. The molecule has 0 aliphatic heterocycles. The van der Waals surface area contributed by atoms with Crippen LogP contribution < -0.4 is 5.32 Å². The molecule has 0 saturated heterocycles. The summed E-state index contributed by atoms with van der Waals surface area (Å²) in [6, 6.07) is 16.9. The van der Waals surface area contributed by atoms with E-state index in [4.69, 9.17) is 0 Å². The second-order valence-electron chi connectivity index (χ2n) is 6.48. The minimum atomic E-state index is -0.519. The van der Waals surface area contributed by atoms with Gasteiger partial charge in [-0.1, -0.05) is 18.2 Å². The van der Waals surface area contributed by atoms with Crippen molar-refractivity contribution in [3.63, 3.8) is 0 Å². The van der Waals surface area contributed by atoms with E-state index in [1.165, 1.54) is 6.20 Å². The molecule has 0 fully saturated rings. The van der Waals surface area contributed by atoms with Crippen LogP contribution in [0.3, 0.4) is 0 Å². The van der Waals surface area contributed by atoms with Crippen LogP contribution in [-0.4, -0.2) is 20.9 Å². The predicted octanol–water partition coefficient (Wildman–Crippen LogP) is 4.58. The molecule has 2 aromatic heterocycles. The van der Waals surface area contributed by atoms with E-state index < -0.39 is 9.49 Å². The Morgan fingerprint density at radius 2 is 2.00 bits per heavy atom. The standard InChI is InChI=1S/C21H16FIN4O/c1-21(23,26-13-28)15-7-8-19-18(11-15)25-12-27(19)16-5-2-4-14(10-16)17-6-3-9-24-20(17)22/h2-13H,1H3,(H,26,28). The van der Waals surface area contributed by atoms with E-state index in [1.54, 1.807) is 18.5 Å². The Hall–Kier alpha value is -2.81. The zero-order valence-corrected chi connectivity index (χ0v) is 17.1. The maximum Gasteiger partial charge on any atom is 0.220 e. The zero-order chi connectivity index (χ0) is 19.7. The summed E-state index contributed by atoms with van der Waals surface area (Å²) in [5.74, 6) is -0.496. The average molecular weight is 486 g/mol. The molecule has 1 amide bonds. The molecule has 5 nitrogen and oxygen atoms in total. The number of amides is 1. The summed E-state index contributed by atoms with van der Waals surface area (Å²) in [6.07, 6.45) is 3.87. The van der Waals surface area contributed by atoms with Gasteiger partial charge in [0.2, 0.25) is 12.4 Å². The van der Waals surface area contributed by atoms with E-state index >= 15 is 0 Å². The zero-order valence-electron chi connectivity index (χ0n) is 14.9. The van der Waals surface area contributed by atoms with Gasteiger partial charge in [0.15, 0.2) is 0 Å². The first-order chi connectivity index (χ1) is 13.5. The van der Waals surface area contributed by atoms with Crippen molar-refractivity contribution >= 4 is 40.0 Å². The molecule has 0 saturated carbocycles. The third kappa shape index (κ3) is 3.37. The first-order valence-electron chi connectivity index (χ1n) is 8.59. The SMILES string of the molecule is CC(I)(NC=O)c1ccc2c(c1)ncn2-c1cccc(-c2cccnc2F)c1. The van der Waals surface area contributed by atoms with Gasteiger partial charge in [0.05, 0.1) is 11.0 Å². The number of alkyl halides is 1. The smallest absolute Gasteiger partial charge is 0.220 e. The Morgan fingerprint density at radius 1 is 1.14 bits per heavy atom. The van der Waals surface area contributed by atoms with Gasteiger partial charge in [0, 0.05) is 17.4 Å². The highest BCUT2D eigenvalue weighted by Crippen LogP contribution is 2.31. The summed E-state index contributed by atoms with van der Waals surface area (Å²) in [5.41, 5.74) is 4.76. The summed E-state index contributed by atoms with van der Waals surface area (Å²) in [6.45, 7) is 1.92. The minimum Gasteiger partial charge on any atom is -0.341 e. The number of carbonyl (C=O) groups excluding carboxylic acids is 1. The molecule has 28 heavy (non-hydrogen) atoms. The summed E-state index contributed by atoms with van der Waals surface area (Å²) in [7, 11) is 0. The number of aromatic nitrogens is 3. The van der Waals surface area contributed by atoms with Gasteiger partial charge in [-0.05, 0) is 77.0 Å². The minimum absolute atomic E-state index is 0.455. The Labute approximate surface area is 174 Å². The van der Waals surface area contributed by atoms with Gasteiger partial charge in [-0.15, -0.1) is 0 Å². The number of rotatable bonds is 5. The molecule has 0 radical (unpaired) electrons. The van der Waals surface area contributed by atoms with E-state index in [9.17, 15) is 9.18 Å². The first kappa shape index (κ1) is 18.5. The summed E-state index contributed by atoms with van der Waals surface area (Å²) in [5, 5.41) is 2.80. The molecule has 0 bridgehead atoms. The maximum atomic E-state index is 14.1. The van der Waals surface area contributed by atoms with Crippen LogP contribution in [0.4, 0.5) is 4.39 Å². The van der Waals surface area contributed by atoms with Crippen molar-refractivity contribution in [1.29, 1.82) is 0 Å². The van der Waals surface area contributed by atoms with Gasteiger partial charge in [-0.2, -0.15) is 4.39 Å². The molecule has 140 valence electrons. The topological polar surface area (TPSA) is 59.8 Å². The average Bonchev–Trinajstić information content (AvgIpc) is 3.12. The Morgan fingerprint density at radius 3 is 2.79 bits per heavy atom. The second kappa shape index (κ2) is 7.31. The van der Waals surface area contributed by atoms with Gasteiger partial charge in [0.1, 0.15) is 9.87 Å². The van der Waals surface area contributed by atoms with Gasteiger partial charge in [0.25, 0.3) is 0 Å². The number of pyridine rings is 1. The molecular formula is C21H16FIN4O. The van der Waals surface area contributed by atoms with Crippen LogP contribution in [0.5, 0.6) is 0 Å². The van der Waals surface area contributed by atoms with E-state index in [2.05, 4.69) is 37.9 Å². The van der Waals surface area contributed by atoms with Crippen molar-refractivity contribution in [3.05, 3.63) is 78.6 Å². The highest BCUT2D eigenvalue weighted by atomic mass is 127. The number of benzene rings is 2. The number of nitrogens with one attached hydrogen (secondary N) is 1. The Kier molecular flexibility index (Phi) is 4.84. The molecule has 7 heteroatoms. The van der Waals surface area contributed by atoms with E-state index in [1.807, 2.05) is 54.0 Å². The number of fused-ring (bicyclic) bond motifs is 1. The van der Waals surface area contributed by atoms with E-state index in [0.29, 0.717) is 12.0 Å². The number of hydrogen-bond donors (Lipinski definition) is 1. The molecule has 2 heterocycles. The molecule has 4 aromatic rings. The van der Waals surface area contributed by atoms with Crippen LogP contribution in [-0.2, 0) is 8.34 Å². The molecule has 4 rings (SSSR count). The molecule has 0 aliphatic rings. The van der Waals surface area contributed by atoms with Crippen LogP contribution in [0.2, 0.25) is 0 Å². The van der Waals surface area contributed by atoms with Crippen molar-refractivity contribution in [2.75, 3.05) is 0 Å². The van der Waals surface area contributed by atoms with Crippen LogP contribution in [0, 0.1) is 5.95 Å². The number of imidazole rings is 1. The van der Waals surface area contributed by atoms with Crippen LogP contribution in [0.25, 0.3) is 27.8 Å². The van der Waals surface area contributed by atoms with Gasteiger partial charge < -0.3 is 5.32 Å². The molecule has 1 unspecified atom stereocenters. The fourth-order valence-electron chi connectivity index (χ4n) is 3.13. The van der Waals surface area contributed by atoms with Gasteiger partial charge >= 0.3 is 0 Å². The number of carbonyl (C=O) groups is 1. The Bertz CT molecular complexity index is 1170. The van der Waals surface area contributed by atoms with Gasteiger partial charge in [-0.3, -0.25) is 9.36 Å². The van der Waals surface area contributed by atoms with Crippen LogP contribution in [0.15, 0.2) is 67.1 Å². The quantitative estimate of drug-likeness (QED) is 0.148. The summed E-state index contributed by atoms with van der Waals surface area (Å²) in [4.78, 5) is 19.1. The summed E-state index contributed by atoms with van der Waals surface area (Å²) >= 11 is 2.19. The maximum absolute atomic E-state index is 14.1.